The zero-order chi connectivity index (χ0) is 17.4. The molecule has 25 heavy (non-hydrogen) atoms. The Hall–Kier alpha value is -2.61. The number of rotatable bonds is 3. The van der Waals surface area contributed by atoms with Crippen LogP contribution in [0.3, 0.4) is 0 Å². The number of fused-ring (bicyclic) bond motifs is 1. The highest BCUT2D eigenvalue weighted by molar-refractivity contribution is 6.39. The topological polar surface area (TPSA) is 87.4 Å². The maximum atomic E-state index is 12.7. The van der Waals surface area contributed by atoms with Gasteiger partial charge in [0.05, 0.1) is 18.3 Å². The lowest BCUT2D eigenvalue weighted by Crippen LogP contribution is -2.31. The summed E-state index contributed by atoms with van der Waals surface area (Å²) in [5, 5.41) is 4.52. The Kier molecular flexibility index (Phi) is 4.05. The summed E-state index contributed by atoms with van der Waals surface area (Å²) < 4.78 is 8.56. The van der Waals surface area contributed by atoms with Gasteiger partial charge in [0.2, 0.25) is 5.95 Å². The molecular formula is C17H20BN5O2. The molecule has 1 aromatic carbocycles. The Bertz CT molecular complexity index is 961. The van der Waals surface area contributed by atoms with Gasteiger partial charge in [0.15, 0.2) is 5.65 Å². The van der Waals surface area contributed by atoms with Crippen molar-refractivity contribution in [2.24, 2.45) is 0 Å². The molecule has 0 radical (unpaired) electrons. The second kappa shape index (κ2) is 6.36. The van der Waals surface area contributed by atoms with Crippen LogP contribution in [-0.4, -0.2) is 39.7 Å². The zero-order valence-corrected chi connectivity index (χ0v) is 14.2. The van der Waals surface area contributed by atoms with Crippen molar-refractivity contribution in [3.05, 3.63) is 40.8 Å². The second-order valence-electron chi connectivity index (χ2n) is 6.42. The van der Waals surface area contributed by atoms with E-state index in [9.17, 15) is 4.79 Å². The monoisotopic (exact) mass is 337 g/mol. The number of aromatic nitrogens is 4. The molecule has 2 aromatic heterocycles. The minimum Gasteiger partial charge on any atom is -0.376 e. The second-order valence-corrected chi connectivity index (χ2v) is 6.42. The first-order chi connectivity index (χ1) is 12.1. The molecule has 2 N–H and O–H groups in total. The van der Waals surface area contributed by atoms with Gasteiger partial charge in [0.1, 0.15) is 7.85 Å². The van der Waals surface area contributed by atoms with E-state index in [-0.39, 0.29) is 17.7 Å². The summed E-state index contributed by atoms with van der Waals surface area (Å²) in [6, 6.07) is 9.78. The molecule has 1 aliphatic rings. The number of ether oxygens (including phenoxy) is 1. The van der Waals surface area contributed by atoms with Gasteiger partial charge < -0.3 is 10.5 Å². The van der Waals surface area contributed by atoms with E-state index in [1.807, 2.05) is 38.2 Å². The first-order valence-corrected chi connectivity index (χ1v) is 8.58. The van der Waals surface area contributed by atoms with Crippen LogP contribution in [0.4, 0.5) is 5.95 Å². The molecule has 128 valence electrons. The molecule has 1 unspecified atom stereocenters. The van der Waals surface area contributed by atoms with Crippen molar-refractivity contribution in [3.8, 4) is 11.3 Å². The summed E-state index contributed by atoms with van der Waals surface area (Å²) in [5.74, 6) is 0.153. The fourth-order valence-corrected chi connectivity index (χ4v) is 3.35. The molecule has 0 saturated carbocycles. The van der Waals surface area contributed by atoms with Gasteiger partial charge >= 0.3 is 5.69 Å². The van der Waals surface area contributed by atoms with Crippen LogP contribution in [0.15, 0.2) is 35.1 Å². The summed E-state index contributed by atoms with van der Waals surface area (Å²) in [4.78, 5) is 17.2. The van der Waals surface area contributed by atoms with Crippen molar-refractivity contribution >= 4 is 24.9 Å². The summed E-state index contributed by atoms with van der Waals surface area (Å²) in [7, 11) is 1.91. The molecule has 3 heterocycles. The van der Waals surface area contributed by atoms with Gasteiger partial charge in [-0.25, -0.2) is 18.9 Å². The van der Waals surface area contributed by atoms with Crippen LogP contribution in [0.5, 0.6) is 0 Å². The average Bonchev–Trinajstić information content (AvgIpc) is 2.97. The molecular weight excluding hydrogens is 317 g/mol. The Labute approximate surface area is 145 Å². The third kappa shape index (κ3) is 2.82. The van der Waals surface area contributed by atoms with E-state index in [0.717, 1.165) is 42.6 Å². The van der Waals surface area contributed by atoms with Crippen molar-refractivity contribution < 1.29 is 4.74 Å². The summed E-state index contributed by atoms with van der Waals surface area (Å²) >= 11 is 0. The van der Waals surface area contributed by atoms with Crippen molar-refractivity contribution in [2.45, 2.75) is 31.9 Å². The van der Waals surface area contributed by atoms with E-state index < -0.39 is 0 Å². The predicted molar refractivity (Wildman–Crippen MR) is 98.9 cm³/mol. The molecule has 0 spiro atoms. The molecule has 0 amide bonds. The standard InChI is InChI=1S/C17H20BN5O2/c18-13-14(11-6-2-1-3-7-11)20-16(19)23-15(13)21-22(17(23)24)10-12-8-4-5-9-25-12/h1-3,6-7,12H,4-5,8-10,18H2,(H2,19,20). The van der Waals surface area contributed by atoms with E-state index in [1.165, 1.54) is 9.08 Å². The number of nitrogen functional groups attached to an aromatic ring is 1. The van der Waals surface area contributed by atoms with Crippen LogP contribution in [0.1, 0.15) is 19.3 Å². The number of nitrogens with two attached hydrogens (primary N) is 1. The maximum absolute atomic E-state index is 12.7. The lowest BCUT2D eigenvalue weighted by Gasteiger charge is -2.21. The van der Waals surface area contributed by atoms with Gasteiger partial charge in [0, 0.05) is 6.61 Å². The van der Waals surface area contributed by atoms with Gasteiger partial charge in [-0.3, -0.25) is 0 Å². The third-order valence-corrected chi connectivity index (χ3v) is 4.68. The Balaban J connectivity index is 1.81. The predicted octanol–water partition coefficient (Wildman–Crippen LogP) is -0.0323. The van der Waals surface area contributed by atoms with Gasteiger partial charge in [-0.1, -0.05) is 30.3 Å². The first-order valence-electron chi connectivity index (χ1n) is 8.58. The highest BCUT2D eigenvalue weighted by Gasteiger charge is 2.20. The van der Waals surface area contributed by atoms with E-state index in [2.05, 4.69) is 10.1 Å². The van der Waals surface area contributed by atoms with Gasteiger partial charge in [-0.05, 0) is 30.3 Å². The highest BCUT2D eigenvalue weighted by atomic mass is 16.5. The number of anilines is 1. The largest absolute Gasteiger partial charge is 0.376 e. The zero-order valence-electron chi connectivity index (χ0n) is 14.2. The number of nitrogens with zero attached hydrogens (tertiary/aromatic N) is 4. The molecule has 1 fully saturated rings. The van der Waals surface area contributed by atoms with Crippen LogP contribution >= 0.6 is 0 Å². The Morgan fingerprint density at radius 1 is 1.28 bits per heavy atom. The number of benzene rings is 1. The average molecular weight is 337 g/mol. The Morgan fingerprint density at radius 2 is 2.08 bits per heavy atom. The first kappa shape index (κ1) is 15.9. The number of hydrogen-bond acceptors (Lipinski definition) is 5. The fraction of sp³-hybridized carbons (Fsp3) is 0.353. The highest BCUT2D eigenvalue weighted by Crippen LogP contribution is 2.17. The SMILES string of the molecule is Bc1c(-c2ccccc2)nc(N)n2c(=O)n(CC3CCCCO3)nc12. The smallest absolute Gasteiger partial charge is 0.353 e. The van der Waals surface area contributed by atoms with E-state index >= 15 is 0 Å². The van der Waals surface area contributed by atoms with Crippen LogP contribution in [0.25, 0.3) is 16.9 Å². The fourth-order valence-electron chi connectivity index (χ4n) is 3.35. The van der Waals surface area contributed by atoms with Gasteiger partial charge in [-0.2, -0.15) is 5.10 Å². The minimum atomic E-state index is -0.267. The minimum absolute atomic E-state index is 0.0273. The van der Waals surface area contributed by atoms with Gasteiger partial charge in [0.25, 0.3) is 0 Å². The van der Waals surface area contributed by atoms with Crippen molar-refractivity contribution in [2.75, 3.05) is 12.3 Å². The molecule has 4 rings (SSSR count). The molecule has 3 aromatic rings. The van der Waals surface area contributed by atoms with E-state index in [4.69, 9.17) is 10.5 Å². The molecule has 1 aliphatic heterocycles. The molecule has 7 nitrogen and oxygen atoms in total. The lowest BCUT2D eigenvalue weighted by molar-refractivity contribution is 0.00341. The van der Waals surface area contributed by atoms with E-state index in [1.54, 1.807) is 0 Å². The lowest BCUT2D eigenvalue weighted by atomic mass is 9.92. The molecule has 1 atom stereocenters. The van der Waals surface area contributed by atoms with Crippen LogP contribution in [0, 0.1) is 0 Å². The molecule has 0 bridgehead atoms. The van der Waals surface area contributed by atoms with Crippen molar-refractivity contribution in [3.63, 3.8) is 0 Å². The molecule has 1 saturated heterocycles. The van der Waals surface area contributed by atoms with Gasteiger partial charge in [-0.15, -0.1) is 0 Å². The van der Waals surface area contributed by atoms with Crippen molar-refractivity contribution in [1.29, 1.82) is 0 Å². The van der Waals surface area contributed by atoms with Crippen LogP contribution < -0.4 is 16.9 Å². The maximum Gasteiger partial charge on any atom is 0.353 e. The van der Waals surface area contributed by atoms with E-state index in [0.29, 0.717) is 12.2 Å². The quantitative estimate of drug-likeness (QED) is 0.678. The normalized spacial score (nSPS) is 17.8. The van der Waals surface area contributed by atoms with Crippen LogP contribution in [0.2, 0.25) is 0 Å². The van der Waals surface area contributed by atoms with Crippen molar-refractivity contribution in [1.82, 2.24) is 19.2 Å². The number of hydrogen-bond donors (Lipinski definition) is 1. The summed E-state index contributed by atoms with van der Waals surface area (Å²) in [6.45, 7) is 1.19. The Morgan fingerprint density at radius 3 is 2.80 bits per heavy atom. The molecule has 8 heteroatoms. The molecule has 0 aliphatic carbocycles. The third-order valence-electron chi connectivity index (χ3n) is 4.68. The summed E-state index contributed by atoms with van der Waals surface area (Å²) in [6.07, 6.45) is 3.17. The summed E-state index contributed by atoms with van der Waals surface area (Å²) in [5.41, 5.74) is 8.89. The van der Waals surface area contributed by atoms with Crippen LogP contribution in [-0.2, 0) is 11.3 Å².